The molecule has 1 aliphatic carbocycles. The molecule has 98 valence electrons. The number of hydrogen-bond donors (Lipinski definition) is 1. The van der Waals surface area contributed by atoms with Crippen LogP contribution in [-0.4, -0.2) is 17.0 Å². The van der Waals surface area contributed by atoms with E-state index in [1.807, 2.05) is 39.0 Å². The van der Waals surface area contributed by atoms with Gasteiger partial charge in [0.2, 0.25) is 0 Å². The summed E-state index contributed by atoms with van der Waals surface area (Å²) in [6, 6.07) is 0. The summed E-state index contributed by atoms with van der Waals surface area (Å²) in [5, 5.41) is 9.82. The molecule has 0 aromatic heterocycles. The highest BCUT2D eigenvalue weighted by Gasteiger charge is 2.14. The Kier molecular flexibility index (Phi) is 5.29. The van der Waals surface area contributed by atoms with Gasteiger partial charge < -0.3 is 5.11 Å². The molecule has 0 amide bonds. The van der Waals surface area contributed by atoms with Gasteiger partial charge in [0.15, 0.2) is 5.78 Å². The number of rotatable bonds is 4. The number of aliphatic hydroxyl groups excluding tert-OH is 1. The summed E-state index contributed by atoms with van der Waals surface area (Å²) < 4.78 is 0. The molecule has 0 radical (unpaired) electrons. The minimum absolute atomic E-state index is 0.0602. The number of allylic oxidation sites excluding steroid dienone is 5. The Balaban J connectivity index is 2.81. The molecule has 0 spiro atoms. The van der Waals surface area contributed by atoms with Crippen LogP contribution >= 0.6 is 0 Å². The molecular weight excluding hydrogens is 224 g/mol. The van der Waals surface area contributed by atoms with E-state index in [-0.39, 0.29) is 17.6 Å². The summed E-state index contributed by atoms with van der Waals surface area (Å²) in [6.07, 6.45) is 9.37. The molecule has 1 N–H and O–H groups in total. The van der Waals surface area contributed by atoms with Gasteiger partial charge in [-0.3, -0.25) is 4.79 Å². The van der Waals surface area contributed by atoms with E-state index in [2.05, 4.69) is 6.58 Å². The largest absolute Gasteiger partial charge is 0.388 e. The minimum atomic E-state index is -0.432. The van der Waals surface area contributed by atoms with Crippen molar-refractivity contribution >= 4 is 5.78 Å². The van der Waals surface area contributed by atoms with Crippen molar-refractivity contribution in [3.05, 3.63) is 48.1 Å². The van der Waals surface area contributed by atoms with E-state index in [0.717, 1.165) is 17.6 Å². The summed E-state index contributed by atoms with van der Waals surface area (Å²) in [6.45, 7) is 9.42. The monoisotopic (exact) mass is 246 g/mol. The van der Waals surface area contributed by atoms with Crippen molar-refractivity contribution in [3.63, 3.8) is 0 Å². The maximum absolute atomic E-state index is 11.7. The van der Waals surface area contributed by atoms with E-state index < -0.39 is 6.10 Å². The van der Waals surface area contributed by atoms with Crippen LogP contribution < -0.4 is 0 Å². The van der Waals surface area contributed by atoms with E-state index in [1.165, 1.54) is 0 Å². The zero-order valence-electron chi connectivity index (χ0n) is 11.4. The van der Waals surface area contributed by atoms with Gasteiger partial charge in [-0.25, -0.2) is 0 Å². The van der Waals surface area contributed by atoms with Crippen molar-refractivity contribution in [2.75, 3.05) is 0 Å². The molecule has 3 unspecified atom stereocenters. The summed E-state index contributed by atoms with van der Waals surface area (Å²) in [5.41, 5.74) is 2.21. The van der Waals surface area contributed by atoms with Gasteiger partial charge in [-0.15, -0.1) is 6.58 Å². The van der Waals surface area contributed by atoms with Crippen LogP contribution in [0.4, 0.5) is 0 Å². The van der Waals surface area contributed by atoms with Crippen molar-refractivity contribution in [3.8, 4) is 0 Å². The fourth-order valence-corrected chi connectivity index (χ4v) is 1.89. The zero-order valence-corrected chi connectivity index (χ0v) is 11.4. The molecule has 0 bridgehead atoms. The highest BCUT2D eigenvalue weighted by Crippen LogP contribution is 2.22. The number of carbonyl (C=O) groups is 1. The number of aliphatic hydroxyl groups is 1. The Morgan fingerprint density at radius 2 is 2.22 bits per heavy atom. The average molecular weight is 246 g/mol. The lowest BCUT2D eigenvalue weighted by molar-refractivity contribution is -0.116. The predicted octanol–water partition coefficient (Wildman–Crippen LogP) is 3.21. The third kappa shape index (κ3) is 4.11. The van der Waals surface area contributed by atoms with Crippen LogP contribution in [0.15, 0.2) is 48.1 Å². The molecule has 0 aliphatic heterocycles. The molecular formula is C16H22O2. The second kappa shape index (κ2) is 6.50. The van der Waals surface area contributed by atoms with Gasteiger partial charge in [-0.05, 0) is 25.0 Å². The van der Waals surface area contributed by atoms with E-state index in [1.54, 1.807) is 12.2 Å². The van der Waals surface area contributed by atoms with Gasteiger partial charge in [-0.1, -0.05) is 43.7 Å². The predicted molar refractivity (Wildman–Crippen MR) is 75.1 cm³/mol. The maximum atomic E-state index is 11.7. The van der Waals surface area contributed by atoms with Crippen molar-refractivity contribution < 1.29 is 9.90 Å². The molecule has 1 aliphatic rings. The molecule has 1 rings (SSSR count). The summed E-state index contributed by atoms with van der Waals surface area (Å²) in [7, 11) is 0. The van der Waals surface area contributed by atoms with Crippen LogP contribution in [0.3, 0.4) is 0 Å². The molecule has 0 fully saturated rings. The average Bonchev–Trinajstić information content (AvgIpc) is 2.44. The first kappa shape index (κ1) is 14.7. The molecule has 0 saturated heterocycles. The quantitative estimate of drug-likeness (QED) is 0.611. The van der Waals surface area contributed by atoms with Crippen LogP contribution in [0.2, 0.25) is 0 Å². The first-order chi connectivity index (χ1) is 8.43. The number of hydrogen-bond acceptors (Lipinski definition) is 2. The Morgan fingerprint density at radius 1 is 1.56 bits per heavy atom. The Labute approximate surface area is 109 Å². The molecule has 0 aromatic carbocycles. The highest BCUT2D eigenvalue weighted by molar-refractivity contribution is 5.93. The van der Waals surface area contributed by atoms with Gasteiger partial charge in [0.05, 0.1) is 6.10 Å². The maximum Gasteiger partial charge on any atom is 0.162 e. The van der Waals surface area contributed by atoms with E-state index >= 15 is 0 Å². The van der Waals surface area contributed by atoms with Crippen LogP contribution in [0, 0.1) is 11.8 Å². The first-order valence-electron chi connectivity index (χ1n) is 6.34. The minimum Gasteiger partial charge on any atom is -0.388 e. The number of carbonyl (C=O) groups excluding carboxylic acids is 1. The van der Waals surface area contributed by atoms with Crippen molar-refractivity contribution in [1.82, 2.24) is 0 Å². The topological polar surface area (TPSA) is 37.3 Å². The normalized spacial score (nSPS) is 26.2. The van der Waals surface area contributed by atoms with Crippen LogP contribution in [-0.2, 0) is 4.79 Å². The van der Waals surface area contributed by atoms with Crippen molar-refractivity contribution in [2.24, 2.45) is 11.8 Å². The summed E-state index contributed by atoms with van der Waals surface area (Å²) >= 11 is 0. The van der Waals surface area contributed by atoms with Crippen molar-refractivity contribution in [1.29, 1.82) is 0 Å². The third-order valence-corrected chi connectivity index (χ3v) is 3.22. The van der Waals surface area contributed by atoms with Crippen LogP contribution in [0.1, 0.15) is 27.2 Å². The molecule has 18 heavy (non-hydrogen) atoms. The Hall–Kier alpha value is -1.41. The van der Waals surface area contributed by atoms with Gasteiger partial charge >= 0.3 is 0 Å². The smallest absolute Gasteiger partial charge is 0.162 e. The van der Waals surface area contributed by atoms with E-state index in [9.17, 15) is 9.90 Å². The SMILES string of the molecule is C=CC(C)C(=O)/C=C/C1=CC(C)C(O)C=C(C)C1. The van der Waals surface area contributed by atoms with Crippen LogP contribution in [0.25, 0.3) is 0 Å². The number of ketones is 1. The Morgan fingerprint density at radius 3 is 2.83 bits per heavy atom. The van der Waals surface area contributed by atoms with Crippen molar-refractivity contribution in [2.45, 2.75) is 33.3 Å². The van der Waals surface area contributed by atoms with Gasteiger partial charge in [-0.2, -0.15) is 0 Å². The lowest BCUT2D eigenvalue weighted by Crippen LogP contribution is -2.11. The van der Waals surface area contributed by atoms with E-state index in [0.29, 0.717) is 0 Å². The summed E-state index contributed by atoms with van der Waals surface area (Å²) in [4.78, 5) is 11.7. The fourth-order valence-electron chi connectivity index (χ4n) is 1.89. The second-order valence-corrected chi connectivity index (χ2v) is 5.04. The molecule has 0 aromatic rings. The third-order valence-electron chi connectivity index (χ3n) is 3.22. The molecule has 0 heterocycles. The molecule has 2 nitrogen and oxygen atoms in total. The summed E-state index contributed by atoms with van der Waals surface area (Å²) in [5.74, 6) is -0.00806. The van der Waals surface area contributed by atoms with Gasteiger partial charge in [0.1, 0.15) is 0 Å². The zero-order chi connectivity index (χ0) is 13.7. The van der Waals surface area contributed by atoms with Gasteiger partial charge in [0.25, 0.3) is 0 Å². The van der Waals surface area contributed by atoms with Gasteiger partial charge in [0, 0.05) is 11.8 Å². The molecule has 0 saturated carbocycles. The lowest BCUT2D eigenvalue weighted by atomic mass is 10.0. The lowest BCUT2D eigenvalue weighted by Gasteiger charge is -2.09. The fraction of sp³-hybridized carbons (Fsp3) is 0.438. The second-order valence-electron chi connectivity index (χ2n) is 5.04. The Bertz CT molecular complexity index is 413. The molecule has 3 atom stereocenters. The standard InChI is InChI=1S/C16H22O2/c1-5-12(3)15(17)7-6-14-8-11(2)9-16(18)13(4)10-14/h5-7,9-10,12-13,16,18H,1,8H2,2-4H3/b7-6+. The first-order valence-corrected chi connectivity index (χ1v) is 6.34. The highest BCUT2D eigenvalue weighted by atomic mass is 16.3. The van der Waals surface area contributed by atoms with E-state index in [4.69, 9.17) is 0 Å². The molecule has 2 heteroatoms. The van der Waals surface area contributed by atoms with Crippen LogP contribution in [0.5, 0.6) is 0 Å².